The Hall–Kier alpha value is -2.03. The maximum Gasteiger partial charge on any atom is 0.146 e. The van der Waals surface area contributed by atoms with Gasteiger partial charge in [-0.15, -0.1) is 11.3 Å². The average molecular weight is 413 g/mol. The van der Waals surface area contributed by atoms with Crippen LogP contribution in [0.25, 0.3) is 10.2 Å². The van der Waals surface area contributed by atoms with Crippen LogP contribution in [0.1, 0.15) is 34.7 Å². The van der Waals surface area contributed by atoms with E-state index >= 15 is 0 Å². The third-order valence-corrected chi connectivity index (χ3v) is 6.98. The molecule has 0 saturated carbocycles. The summed E-state index contributed by atoms with van der Waals surface area (Å²) in [7, 11) is 1.96. The molecule has 1 aliphatic heterocycles. The number of nitrogens with zero attached hydrogens (tertiary/aromatic N) is 5. The van der Waals surface area contributed by atoms with Gasteiger partial charge in [-0.3, -0.25) is 9.58 Å². The number of aryl methyl sites for hydroxylation is 3. The fourth-order valence-corrected chi connectivity index (χ4v) is 5.57. The van der Waals surface area contributed by atoms with Crippen LogP contribution in [0.4, 0.5) is 5.82 Å². The second-order valence-corrected chi connectivity index (χ2v) is 9.05. The Bertz CT molecular complexity index is 991. The minimum Gasteiger partial charge on any atom is -0.379 e. The summed E-state index contributed by atoms with van der Waals surface area (Å²) in [5.41, 5.74) is 2.73. The zero-order valence-corrected chi connectivity index (χ0v) is 17.8. The van der Waals surface area contributed by atoms with Gasteiger partial charge >= 0.3 is 0 Å². The van der Waals surface area contributed by atoms with Crippen molar-refractivity contribution in [1.29, 1.82) is 0 Å². The molecule has 7 nitrogen and oxygen atoms in total. The standard InChI is InChI=1S/C21H28N6OS/c1-26-13-15(12-23-26)6-7-22-20-19-16-4-2-3-5-17(16)29-21(19)25-18(24-20)14-27-8-10-28-11-9-27/h12-13H,2-11,14H2,1H3,(H,22,24,25). The van der Waals surface area contributed by atoms with E-state index in [1.165, 1.54) is 40.7 Å². The number of rotatable bonds is 6. The molecule has 0 unspecified atom stereocenters. The summed E-state index contributed by atoms with van der Waals surface area (Å²) in [6.07, 6.45) is 9.84. The number of ether oxygens (including phenoxy) is 1. The van der Waals surface area contributed by atoms with Gasteiger partial charge in [0.15, 0.2) is 0 Å². The highest BCUT2D eigenvalue weighted by Gasteiger charge is 2.22. The Morgan fingerprint density at radius 2 is 2.03 bits per heavy atom. The molecule has 1 saturated heterocycles. The van der Waals surface area contributed by atoms with Gasteiger partial charge in [0.2, 0.25) is 0 Å². The fourth-order valence-electron chi connectivity index (χ4n) is 4.29. The Balaban J connectivity index is 1.42. The topological polar surface area (TPSA) is 68.1 Å². The molecular formula is C21H28N6OS. The van der Waals surface area contributed by atoms with E-state index in [-0.39, 0.29) is 0 Å². The lowest BCUT2D eigenvalue weighted by Gasteiger charge is -2.25. The van der Waals surface area contributed by atoms with Crippen molar-refractivity contribution in [3.8, 4) is 0 Å². The summed E-state index contributed by atoms with van der Waals surface area (Å²) in [4.78, 5) is 15.0. The fraction of sp³-hybridized carbons (Fsp3) is 0.571. The van der Waals surface area contributed by atoms with Crippen LogP contribution < -0.4 is 5.32 Å². The van der Waals surface area contributed by atoms with Crippen LogP contribution >= 0.6 is 11.3 Å². The number of anilines is 1. The number of morpholine rings is 1. The van der Waals surface area contributed by atoms with Crippen molar-refractivity contribution in [2.75, 3.05) is 38.2 Å². The van der Waals surface area contributed by atoms with E-state index in [9.17, 15) is 0 Å². The van der Waals surface area contributed by atoms with Crippen molar-refractivity contribution in [3.63, 3.8) is 0 Å². The van der Waals surface area contributed by atoms with Crippen LogP contribution in [0, 0.1) is 0 Å². The highest BCUT2D eigenvalue weighted by atomic mass is 32.1. The third kappa shape index (κ3) is 4.15. The smallest absolute Gasteiger partial charge is 0.146 e. The quantitative estimate of drug-likeness (QED) is 0.672. The summed E-state index contributed by atoms with van der Waals surface area (Å²) >= 11 is 1.88. The minimum atomic E-state index is 0.791. The van der Waals surface area contributed by atoms with Gasteiger partial charge in [0.1, 0.15) is 16.5 Å². The monoisotopic (exact) mass is 412 g/mol. The van der Waals surface area contributed by atoms with Gasteiger partial charge in [0.25, 0.3) is 0 Å². The Morgan fingerprint density at radius 1 is 1.17 bits per heavy atom. The predicted octanol–water partition coefficient (Wildman–Crippen LogP) is 2.79. The molecule has 0 aromatic carbocycles. The van der Waals surface area contributed by atoms with Crippen molar-refractivity contribution < 1.29 is 4.74 Å². The Morgan fingerprint density at radius 3 is 2.86 bits per heavy atom. The number of hydrogen-bond donors (Lipinski definition) is 1. The molecular weight excluding hydrogens is 384 g/mol. The molecule has 5 rings (SSSR count). The molecule has 8 heteroatoms. The minimum absolute atomic E-state index is 0.791. The van der Waals surface area contributed by atoms with Gasteiger partial charge in [-0.05, 0) is 43.2 Å². The van der Waals surface area contributed by atoms with Crippen LogP contribution in [-0.2, 0) is 37.6 Å². The van der Waals surface area contributed by atoms with Crippen molar-refractivity contribution in [2.45, 2.75) is 38.6 Å². The van der Waals surface area contributed by atoms with Crippen molar-refractivity contribution >= 4 is 27.4 Å². The van der Waals surface area contributed by atoms with Crippen LogP contribution in [0.5, 0.6) is 0 Å². The molecule has 1 fully saturated rings. The van der Waals surface area contributed by atoms with Crippen molar-refractivity contribution in [3.05, 3.63) is 34.2 Å². The molecule has 0 radical (unpaired) electrons. The molecule has 3 aromatic heterocycles. The highest BCUT2D eigenvalue weighted by molar-refractivity contribution is 7.19. The van der Waals surface area contributed by atoms with Gasteiger partial charge in [-0.25, -0.2) is 9.97 Å². The SMILES string of the molecule is Cn1cc(CCNc2nc(CN3CCOCC3)nc3sc4c(c23)CCCC4)cn1. The lowest BCUT2D eigenvalue weighted by molar-refractivity contribution is 0.0331. The first-order valence-electron chi connectivity index (χ1n) is 10.6. The molecule has 4 heterocycles. The first-order valence-corrected chi connectivity index (χ1v) is 11.4. The molecule has 0 bridgehead atoms. The van der Waals surface area contributed by atoms with Crippen molar-refractivity contribution in [1.82, 2.24) is 24.6 Å². The first kappa shape index (κ1) is 19.0. The zero-order chi connectivity index (χ0) is 19.6. The molecule has 0 amide bonds. The molecule has 0 spiro atoms. The summed E-state index contributed by atoms with van der Waals surface area (Å²) in [5, 5.41) is 9.17. The van der Waals surface area contributed by atoms with E-state index in [4.69, 9.17) is 14.7 Å². The number of thiophene rings is 1. The Labute approximate surface area is 175 Å². The summed E-state index contributed by atoms with van der Waals surface area (Å²) in [5.74, 6) is 1.93. The second kappa shape index (κ2) is 8.38. The lowest BCUT2D eigenvalue weighted by atomic mass is 9.97. The normalized spacial score (nSPS) is 17.6. The summed E-state index contributed by atoms with van der Waals surface area (Å²) in [6.45, 7) is 5.13. The summed E-state index contributed by atoms with van der Waals surface area (Å²) in [6, 6.07) is 0. The van der Waals surface area contributed by atoms with Gasteiger partial charge in [0.05, 0.1) is 31.3 Å². The van der Waals surface area contributed by atoms with Crippen molar-refractivity contribution in [2.24, 2.45) is 7.05 Å². The second-order valence-electron chi connectivity index (χ2n) is 7.97. The van der Waals surface area contributed by atoms with Gasteiger partial charge in [-0.2, -0.15) is 5.10 Å². The van der Waals surface area contributed by atoms with Crippen LogP contribution in [0.2, 0.25) is 0 Å². The van der Waals surface area contributed by atoms with E-state index in [0.717, 1.165) is 68.7 Å². The van der Waals surface area contributed by atoms with E-state index in [0.29, 0.717) is 0 Å². The molecule has 29 heavy (non-hydrogen) atoms. The number of fused-ring (bicyclic) bond motifs is 3. The van der Waals surface area contributed by atoms with Gasteiger partial charge < -0.3 is 10.1 Å². The third-order valence-electron chi connectivity index (χ3n) is 5.79. The lowest BCUT2D eigenvalue weighted by Crippen LogP contribution is -2.36. The largest absolute Gasteiger partial charge is 0.379 e. The molecule has 3 aromatic rings. The highest BCUT2D eigenvalue weighted by Crippen LogP contribution is 2.38. The molecule has 1 aliphatic carbocycles. The van der Waals surface area contributed by atoms with Crippen LogP contribution in [-0.4, -0.2) is 57.5 Å². The molecule has 154 valence electrons. The number of nitrogens with one attached hydrogen (secondary N) is 1. The van der Waals surface area contributed by atoms with E-state index in [2.05, 4.69) is 21.5 Å². The predicted molar refractivity (Wildman–Crippen MR) is 116 cm³/mol. The van der Waals surface area contributed by atoms with Crippen LogP contribution in [0.3, 0.4) is 0 Å². The van der Waals surface area contributed by atoms with E-state index in [1.807, 2.05) is 29.3 Å². The maximum absolute atomic E-state index is 5.48. The maximum atomic E-state index is 5.48. The van der Waals surface area contributed by atoms with Crippen LogP contribution in [0.15, 0.2) is 12.4 Å². The molecule has 1 N–H and O–H groups in total. The van der Waals surface area contributed by atoms with Gasteiger partial charge in [-0.1, -0.05) is 0 Å². The Kier molecular flexibility index (Phi) is 5.48. The summed E-state index contributed by atoms with van der Waals surface area (Å²) < 4.78 is 7.34. The molecule has 0 atom stereocenters. The molecule has 2 aliphatic rings. The van der Waals surface area contributed by atoms with E-state index in [1.54, 1.807) is 0 Å². The zero-order valence-electron chi connectivity index (χ0n) is 17.0. The number of aromatic nitrogens is 4. The first-order chi connectivity index (χ1) is 14.3. The van der Waals surface area contributed by atoms with E-state index < -0.39 is 0 Å². The number of hydrogen-bond acceptors (Lipinski definition) is 7. The average Bonchev–Trinajstić information content (AvgIpc) is 3.31. The van der Waals surface area contributed by atoms with Gasteiger partial charge in [0, 0.05) is 37.8 Å².